The molecule has 1 N–H and O–H groups in total. The molecule has 0 bridgehead atoms. The summed E-state index contributed by atoms with van der Waals surface area (Å²) in [5.41, 5.74) is 2.38. The molecule has 1 heterocycles. The van der Waals surface area contributed by atoms with E-state index in [1.54, 1.807) is 0 Å². The molecule has 1 saturated carbocycles. The minimum Gasteiger partial charge on any atom is -0.372 e. The summed E-state index contributed by atoms with van der Waals surface area (Å²) in [4.78, 5) is 2.40. The SMILES string of the molecule is CC1(C)CN(c2cccc(Cl)c2CNC2CC2)CCO1. The maximum atomic E-state index is 6.43. The molecular weight excluding hydrogens is 272 g/mol. The molecule has 0 atom stereocenters. The van der Waals surface area contributed by atoms with Crippen LogP contribution in [0, 0.1) is 0 Å². The molecule has 1 aliphatic carbocycles. The van der Waals surface area contributed by atoms with Gasteiger partial charge in [0.15, 0.2) is 0 Å². The van der Waals surface area contributed by atoms with Crippen LogP contribution >= 0.6 is 11.6 Å². The Bertz CT molecular complexity index is 485. The van der Waals surface area contributed by atoms with Crippen LogP contribution in [0.5, 0.6) is 0 Å². The van der Waals surface area contributed by atoms with Crippen LogP contribution in [0.3, 0.4) is 0 Å². The number of hydrogen-bond donors (Lipinski definition) is 1. The van der Waals surface area contributed by atoms with Crippen molar-refractivity contribution in [2.75, 3.05) is 24.6 Å². The van der Waals surface area contributed by atoms with Gasteiger partial charge in [0.05, 0.1) is 12.2 Å². The van der Waals surface area contributed by atoms with Crippen LogP contribution in [0.1, 0.15) is 32.3 Å². The average molecular weight is 295 g/mol. The normalized spacial score (nSPS) is 22.1. The second-order valence-electron chi connectivity index (χ2n) is 6.42. The Balaban J connectivity index is 1.81. The molecule has 1 aliphatic heterocycles. The number of hydrogen-bond acceptors (Lipinski definition) is 3. The lowest BCUT2D eigenvalue weighted by atomic mass is 10.0. The van der Waals surface area contributed by atoms with Crippen molar-refractivity contribution in [1.29, 1.82) is 0 Å². The summed E-state index contributed by atoms with van der Waals surface area (Å²) in [6.45, 7) is 7.76. The van der Waals surface area contributed by atoms with E-state index in [2.05, 4.69) is 30.1 Å². The molecule has 20 heavy (non-hydrogen) atoms. The van der Waals surface area contributed by atoms with E-state index in [1.807, 2.05) is 12.1 Å². The monoisotopic (exact) mass is 294 g/mol. The highest BCUT2D eigenvalue weighted by molar-refractivity contribution is 6.31. The highest BCUT2D eigenvalue weighted by Gasteiger charge is 2.29. The maximum absolute atomic E-state index is 6.43. The summed E-state index contributed by atoms with van der Waals surface area (Å²) in [6, 6.07) is 6.90. The Morgan fingerprint density at radius 1 is 1.40 bits per heavy atom. The van der Waals surface area contributed by atoms with Crippen LogP contribution < -0.4 is 10.2 Å². The number of benzene rings is 1. The molecule has 1 saturated heterocycles. The molecule has 3 nitrogen and oxygen atoms in total. The van der Waals surface area contributed by atoms with E-state index in [0.29, 0.717) is 6.04 Å². The van der Waals surface area contributed by atoms with E-state index in [-0.39, 0.29) is 5.60 Å². The van der Waals surface area contributed by atoms with Gasteiger partial charge in [-0.3, -0.25) is 0 Å². The summed E-state index contributed by atoms with van der Waals surface area (Å²) in [6.07, 6.45) is 2.59. The third kappa shape index (κ3) is 3.27. The zero-order valence-electron chi connectivity index (χ0n) is 12.3. The van der Waals surface area contributed by atoms with Crippen molar-refractivity contribution >= 4 is 17.3 Å². The van der Waals surface area contributed by atoms with Gasteiger partial charge in [-0.05, 0) is 38.8 Å². The van der Waals surface area contributed by atoms with Gasteiger partial charge < -0.3 is 15.0 Å². The second kappa shape index (κ2) is 5.55. The van der Waals surface area contributed by atoms with Crippen LogP contribution in [0.15, 0.2) is 18.2 Å². The molecule has 0 amide bonds. The predicted octanol–water partition coefficient (Wildman–Crippen LogP) is 3.21. The lowest BCUT2D eigenvalue weighted by molar-refractivity contribution is -0.0277. The van der Waals surface area contributed by atoms with E-state index in [0.717, 1.165) is 31.3 Å². The van der Waals surface area contributed by atoms with Crippen LogP contribution in [0.25, 0.3) is 0 Å². The van der Waals surface area contributed by atoms with Crippen LogP contribution in [0.4, 0.5) is 5.69 Å². The molecule has 4 heteroatoms. The van der Waals surface area contributed by atoms with Gasteiger partial charge in [0.2, 0.25) is 0 Å². The first-order valence-electron chi connectivity index (χ1n) is 7.45. The van der Waals surface area contributed by atoms with Crippen LogP contribution in [-0.4, -0.2) is 31.3 Å². The molecule has 1 aromatic rings. The minimum absolute atomic E-state index is 0.0955. The number of ether oxygens (including phenoxy) is 1. The molecule has 2 aliphatic rings. The van der Waals surface area contributed by atoms with E-state index < -0.39 is 0 Å². The molecular formula is C16H23ClN2O. The van der Waals surface area contributed by atoms with Gasteiger partial charge in [-0.15, -0.1) is 0 Å². The summed E-state index contributed by atoms with van der Waals surface area (Å²) in [5, 5.41) is 4.43. The maximum Gasteiger partial charge on any atom is 0.0801 e. The molecule has 2 fully saturated rings. The fourth-order valence-corrected chi connectivity index (χ4v) is 3.01. The molecule has 0 radical (unpaired) electrons. The quantitative estimate of drug-likeness (QED) is 0.923. The summed E-state index contributed by atoms with van der Waals surface area (Å²) >= 11 is 6.43. The van der Waals surface area contributed by atoms with Crippen molar-refractivity contribution in [3.05, 3.63) is 28.8 Å². The lowest BCUT2D eigenvalue weighted by Crippen LogP contribution is -2.48. The number of rotatable bonds is 4. The molecule has 1 aromatic carbocycles. The van der Waals surface area contributed by atoms with Crippen molar-refractivity contribution in [3.63, 3.8) is 0 Å². The highest BCUT2D eigenvalue weighted by Crippen LogP contribution is 2.31. The number of nitrogens with zero attached hydrogens (tertiary/aromatic N) is 1. The third-order valence-electron chi connectivity index (χ3n) is 4.01. The van der Waals surface area contributed by atoms with E-state index in [4.69, 9.17) is 16.3 Å². The fraction of sp³-hybridized carbons (Fsp3) is 0.625. The van der Waals surface area contributed by atoms with Gasteiger partial charge in [-0.25, -0.2) is 0 Å². The minimum atomic E-state index is -0.0955. The Labute approximate surface area is 126 Å². The Kier molecular flexibility index (Phi) is 3.93. The van der Waals surface area contributed by atoms with Gasteiger partial charge >= 0.3 is 0 Å². The van der Waals surface area contributed by atoms with Crippen molar-refractivity contribution in [2.45, 2.75) is 44.9 Å². The van der Waals surface area contributed by atoms with E-state index in [9.17, 15) is 0 Å². The van der Waals surface area contributed by atoms with Gasteiger partial charge in [0, 0.05) is 41.9 Å². The standard InChI is InChI=1S/C16H23ClN2O/c1-16(2)11-19(8-9-20-16)15-5-3-4-14(17)13(15)10-18-12-6-7-12/h3-5,12,18H,6-11H2,1-2H3. The Morgan fingerprint density at radius 3 is 2.90 bits per heavy atom. The Hall–Kier alpha value is -0.770. The number of halogens is 1. The molecule has 3 rings (SSSR count). The average Bonchev–Trinajstić information content (AvgIpc) is 3.20. The molecule has 0 aromatic heterocycles. The smallest absolute Gasteiger partial charge is 0.0801 e. The first kappa shape index (κ1) is 14.2. The number of anilines is 1. The molecule has 0 unspecified atom stereocenters. The Morgan fingerprint density at radius 2 is 2.20 bits per heavy atom. The molecule has 0 spiro atoms. The topological polar surface area (TPSA) is 24.5 Å². The largest absolute Gasteiger partial charge is 0.372 e. The first-order chi connectivity index (χ1) is 9.55. The number of morpholine rings is 1. The van der Waals surface area contributed by atoms with Crippen LogP contribution in [0.2, 0.25) is 5.02 Å². The van der Waals surface area contributed by atoms with Gasteiger partial charge in [0.25, 0.3) is 0 Å². The van der Waals surface area contributed by atoms with Gasteiger partial charge in [-0.1, -0.05) is 17.7 Å². The van der Waals surface area contributed by atoms with Crippen molar-refractivity contribution in [2.24, 2.45) is 0 Å². The first-order valence-corrected chi connectivity index (χ1v) is 7.83. The van der Waals surface area contributed by atoms with Gasteiger partial charge in [-0.2, -0.15) is 0 Å². The van der Waals surface area contributed by atoms with Crippen LogP contribution in [-0.2, 0) is 11.3 Å². The summed E-state index contributed by atoms with van der Waals surface area (Å²) in [7, 11) is 0. The summed E-state index contributed by atoms with van der Waals surface area (Å²) < 4.78 is 5.81. The van der Waals surface area contributed by atoms with Gasteiger partial charge in [0.1, 0.15) is 0 Å². The molecule has 110 valence electrons. The summed E-state index contributed by atoms with van der Waals surface area (Å²) in [5.74, 6) is 0. The lowest BCUT2D eigenvalue weighted by Gasteiger charge is -2.40. The van der Waals surface area contributed by atoms with Crippen molar-refractivity contribution in [3.8, 4) is 0 Å². The zero-order chi connectivity index (χ0) is 14.2. The predicted molar refractivity (Wildman–Crippen MR) is 83.6 cm³/mol. The number of nitrogens with one attached hydrogen (secondary N) is 1. The van der Waals surface area contributed by atoms with Crippen molar-refractivity contribution < 1.29 is 4.74 Å². The van der Waals surface area contributed by atoms with Crippen molar-refractivity contribution in [1.82, 2.24) is 5.32 Å². The van der Waals surface area contributed by atoms with E-state index >= 15 is 0 Å². The highest BCUT2D eigenvalue weighted by atomic mass is 35.5. The van der Waals surface area contributed by atoms with E-state index in [1.165, 1.54) is 24.1 Å². The zero-order valence-corrected chi connectivity index (χ0v) is 13.0. The third-order valence-corrected chi connectivity index (χ3v) is 4.36. The second-order valence-corrected chi connectivity index (χ2v) is 6.83. The fourth-order valence-electron chi connectivity index (χ4n) is 2.77.